The summed E-state index contributed by atoms with van der Waals surface area (Å²) in [5.74, 6) is 0. The first-order valence-corrected chi connectivity index (χ1v) is 11.3. The van der Waals surface area contributed by atoms with Crippen molar-refractivity contribution < 1.29 is 8.42 Å². The highest BCUT2D eigenvalue weighted by atomic mass is 79.9. The molecule has 0 aromatic heterocycles. The van der Waals surface area contributed by atoms with Crippen LogP contribution in [-0.4, -0.2) is 26.4 Å². The number of halogens is 1. The Morgan fingerprint density at radius 3 is 2.42 bits per heavy atom. The van der Waals surface area contributed by atoms with Gasteiger partial charge in [0.1, 0.15) is 4.90 Å². The minimum absolute atomic E-state index is 0.246. The van der Waals surface area contributed by atoms with Crippen LogP contribution in [0.1, 0.15) is 37.7 Å². The van der Waals surface area contributed by atoms with Gasteiger partial charge in [-0.1, -0.05) is 49.6 Å². The summed E-state index contributed by atoms with van der Waals surface area (Å²) in [6.07, 6.45) is 6.34. The minimum atomic E-state index is -3.64. The normalized spacial score (nSPS) is 16.0. The predicted molar refractivity (Wildman–Crippen MR) is 110 cm³/mol. The lowest BCUT2D eigenvalue weighted by atomic mass is 9.94. The largest absolute Gasteiger partial charge is 0.299 e. The monoisotopic (exact) mass is 436 g/mol. The maximum absolute atomic E-state index is 12.8. The molecule has 3 rings (SSSR count). The number of para-hydroxylation sites is 1. The summed E-state index contributed by atoms with van der Waals surface area (Å²) in [6, 6.07) is 15.1. The van der Waals surface area contributed by atoms with E-state index in [-0.39, 0.29) is 4.90 Å². The van der Waals surface area contributed by atoms with E-state index in [1.807, 2.05) is 24.3 Å². The van der Waals surface area contributed by atoms with Gasteiger partial charge in [0.2, 0.25) is 0 Å². The number of rotatable bonds is 6. The van der Waals surface area contributed by atoms with Gasteiger partial charge in [0.15, 0.2) is 0 Å². The van der Waals surface area contributed by atoms with Gasteiger partial charge in [0.25, 0.3) is 10.0 Å². The molecular weight excluding hydrogens is 412 g/mol. The third-order valence-corrected chi connectivity index (χ3v) is 7.38. The van der Waals surface area contributed by atoms with E-state index in [0.717, 1.165) is 12.1 Å². The van der Waals surface area contributed by atoms with E-state index < -0.39 is 10.0 Å². The lowest BCUT2D eigenvalue weighted by Crippen LogP contribution is -2.33. The molecule has 0 radical (unpaired) electrons. The molecule has 2 aromatic rings. The average molecular weight is 437 g/mol. The van der Waals surface area contributed by atoms with Crippen LogP contribution in [-0.2, 0) is 16.6 Å². The van der Waals surface area contributed by atoms with Gasteiger partial charge >= 0.3 is 0 Å². The molecule has 1 fully saturated rings. The molecule has 0 amide bonds. The first-order valence-electron chi connectivity index (χ1n) is 9.03. The molecule has 0 saturated heterocycles. The highest BCUT2D eigenvalue weighted by Crippen LogP contribution is 2.28. The molecule has 0 aliphatic heterocycles. The van der Waals surface area contributed by atoms with E-state index in [0.29, 0.717) is 16.2 Å². The van der Waals surface area contributed by atoms with E-state index in [1.165, 1.54) is 32.1 Å². The summed E-state index contributed by atoms with van der Waals surface area (Å²) in [5, 5.41) is 0. The Bertz CT molecular complexity index is 848. The molecule has 1 aliphatic rings. The molecule has 26 heavy (non-hydrogen) atoms. The SMILES string of the molecule is CN(Cc1ccccc1NS(=O)(=O)c1ccccc1Br)C1CCCCC1. The second-order valence-corrected chi connectivity index (χ2v) is 9.41. The van der Waals surface area contributed by atoms with Crippen molar-refractivity contribution in [1.29, 1.82) is 0 Å². The van der Waals surface area contributed by atoms with E-state index in [9.17, 15) is 8.42 Å². The van der Waals surface area contributed by atoms with E-state index in [4.69, 9.17) is 0 Å². The number of hydrogen-bond acceptors (Lipinski definition) is 3. The summed E-state index contributed by atoms with van der Waals surface area (Å²) < 4.78 is 28.9. The summed E-state index contributed by atoms with van der Waals surface area (Å²) in [7, 11) is -1.51. The first-order chi connectivity index (χ1) is 12.5. The van der Waals surface area contributed by atoms with Crippen molar-refractivity contribution in [2.45, 2.75) is 49.6 Å². The first kappa shape index (κ1) is 19.4. The summed E-state index contributed by atoms with van der Waals surface area (Å²) in [4.78, 5) is 2.60. The Hall–Kier alpha value is -1.37. The fourth-order valence-corrected chi connectivity index (χ4v) is 5.64. The second-order valence-electron chi connectivity index (χ2n) is 6.90. The Labute approximate surface area is 164 Å². The Morgan fingerprint density at radius 1 is 1.04 bits per heavy atom. The van der Waals surface area contributed by atoms with Gasteiger partial charge in [-0.05, 0) is 59.6 Å². The van der Waals surface area contributed by atoms with Crippen molar-refractivity contribution in [2.75, 3.05) is 11.8 Å². The van der Waals surface area contributed by atoms with Gasteiger partial charge < -0.3 is 0 Å². The van der Waals surface area contributed by atoms with Gasteiger partial charge in [-0.3, -0.25) is 9.62 Å². The molecule has 1 saturated carbocycles. The predicted octanol–water partition coefficient (Wildman–Crippen LogP) is 5.01. The average Bonchev–Trinajstić information content (AvgIpc) is 2.64. The molecule has 0 bridgehead atoms. The van der Waals surface area contributed by atoms with Gasteiger partial charge in [0, 0.05) is 17.1 Å². The second kappa shape index (κ2) is 8.55. The fourth-order valence-electron chi connectivity index (χ4n) is 3.54. The molecular formula is C20H25BrN2O2S. The van der Waals surface area contributed by atoms with Gasteiger partial charge in [-0.25, -0.2) is 8.42 Å². The number of nitrogens with zero attached hydrogens (tertiary/aromatic N) is 1. The lowest BCUT2D eigenvalue weighted by molar-refractivity contribution is 0.185. The standard InChI is InChI=1S/C20H25BrN2O2S/c1-23(17-10-3-2-4-11-17)15-16-9-5-7-13-19(16)22-26(24,25)20-14-8-6-12-18(20)21/h5-9,12-14,17,22H,2-4,10-11,15H2,1H3. The molecule has 2 aromatic carbocycles. The van der Waals surface area contributed by atoms with Crippen LogP contribution in [0.4, 0.5) is 5.69 Å². The zero-order chi connectivity index (χ0) is 18.6. The van der Waals surface area contributed by atoms with Crippen LogP contribution in [0.3, 0.4) is 0 Å². The number of benzene rings is 2. The molecule has 4 nitrogen and oxygen atoms in total. The number of hydrogen-bond donors (Lipinski definition) is 1. The van der Waals surface area contributed by atoms with Crippen molar-refractivity contribution in [3.05, 3.63) is 58.6 Å². The zero-order valence-electron chi connectivity index (χ0n) is 15.0. The third-order valence-electron chi connectivity index (χ3n) is 5.01. The quantitative estimate of drug-likeness (QED) is 0.691. The van der Waals surface area contributed by atoms with E-state index >= 15 is 0 Å². The zero-order valence-corrected chi connectivity index (χ0v) is 17.4. The van der Waals surface area contributed by atoms with Crippen LogP contribution in [0.5, 0.6) is 0 Å². The summed E-state index contributed by atoms with van der Waals surface area (Å²) >= 11 is 3.33. The maximum Gasteiger partial charge on any atom is 0.263 e. The van der Waals surface area contributed by atoms with Crippen molar-refractivity contribution in [3.63, 3.8) is 0 Å². The van der Waals surface area contributed by atoms with E-state index in [2.05, 4.69) is 32.6 Å². The van der Waals surface area contributed by atoms with E-state index in [1.54, 1.807) is 24.3 Å². The lowest BCUT2D eigenvalue weighted by Gasteiger charge is -2.31. The summed E-state index contributed by atoms with van der Waals surface area (Å²) in [6.45, 7) is 0.735. The Morgan fingerprint density at radius 2 is 1.69 bits per heavy atom. The number of nitrogens with one attached hydrogen (secondary N) is 1. The van der Waals surface area contributed by atoms with Gasteiger partial charge in [0.05, 0.1) is 5.69 Å². The van der Waals surface area contributed by atoms with Crippen molar-refractivity contribution >= 4 is 31.6 Å². The Kier molecular flexibility index (Phi) is 6.37. The van der Waals surface area contributed by atoms with Crippen LogP contribution in [0, 0.1) is 0 Å². The molecule has 0 unspecified atom stereocenters. The highest BCUT2D eigenvalue weighted by molar-refractivity contribution is 9.10. The van der Waals surface area contributed by atoms with Crippen LogP contribution in [0.2, 0.25) is 0 Å². The van der Waals surface area contributed by atoms with Crippen molar-refractivity contribution in [2.24, 2.45) is 0 Å². The molecule has 0 atom stereocenters. The topological polar surface area (TPSA) is 49.4 Å². The fraction of sp³-hybridized carbons (Fsp3) is 0.400. The van der Waals surface area contributed by atoms with Crippen molar-refractivity contribution in [3.8, 4) is 0 Å². The number of anilines is 1. The minimum Gasteiger partial charge on any atom is -0.299 e. The third kappa shape index (κ3) is 4.67. The number of sulfonamides is 1. The van der Waals surface area contributed by atoms with Crippen LogP contribution in [0.15, 0.2) is 57.9 Å². The highest BCUT2D eigenvalue weighted by Gasteiger charge is 2.21. The molecule has 0 spiro atoms. The molecule has 1 aliphatic carbocycles. The van der Waals surface area contributed by atoms with Crippen LogP contribution in [0.25, 0.3) is 0 Å². The molecule has 1 N–H and O–H groups in total. The van der Waals surface area contributed by atoms with Crippen LogP contribution >= 0.6 is 15.9 Å². The molecule has 140 valence electrons. The van der Waals surface area contributed by atoms with Crippen LogP contribution < -0.4 is 4.72 Å². The van der Waals surface area contributed by atoms with Gasteiger partial charge in [-0.2, -0.15) is 0 Å². The summed E-state index contributed by atoms with van der Waals surface area (Å²) in [5.41, 5.74) is 1.64. The van der Waals surface area contributed by atoms with Gasteiger partial charge in [-0.15, -0.1) is 0 Å². The molecule has 6 heteroatoms. The van der Waals surface area contributed by atoms with Crippen molar-refractivity contribution in [1.82, 2.24) is 4.90 Å². The maximum atomic E-state index is 12.8. The Balaban J connectivity index is 1.80. The smallest absolute Gasteiger partial charge is 0.263 e. The molecule has 0 heterocycles.